The summed E-state index contributed by atoms with van der Waals surface area (Å²) < 4.78 is 0. The predicted octanol–water partition coefficient (Wildman–Crippen LogP) is 4.41. The van der Waals surface area contributed by atoms with E-state index < -0.39 is 0 Å². The van der Waals surface area contributed by atoms with Gasteiger partial charge in [0.05, 0.1) is 0 Å². The van der Waals surface area contributed by atoms with E-state index in [4.69, 9.17) is 0 Å². The number of fused-ring (bicyclic) bond motifs is 5. The van der Waals surface area contributed by atoms with Crippen LogP contribution in [0.1, 0.15) is 58.8 Å². The second-order valence-corrected chi connectivity index (χ2v) is 8.60. The number of hydrogen-bond donors (Lipinski definition) is 0. The minimum Gasteiger partial charge on any atom is -0.295 e. The van der Waals surface area contributed by atoms with Gasteiger partial charge in [0.2, 0.25) is 0 Å². The van der Waals surface area contributed by atoms with Crippen LogP contribution in [0.2, 0.25) is 0 Å². The van der Waals surface area contributed by atoms with Gasteiger partial charge in [0.25, 0.3) is 0 Å². The third kappa shape index (κ3) is 1.88. The molecule has 122 valence electrons. The molecule has 0 heterocycles. The van der Waals surface area contributed by atoms with E-state index in [0.717, 1.165) is 24.8 Å². The fourth-order valence-electron chi connectivity index (χ4n) is 6.49. The summed E-state index contributed by atoms with van der Waals surface area (Å²) in [6, 6.07) is 0. The first kappa shape index (κ1) is 15.1. The molecular weight excluding hydrogens is 284 g/mol. The molecule has 0 radical (unpaired) electrons. The van der Waals surface area contributed by atoms with Crippen LogP contribution in [-0.4, -0.2) is 11.6 Å². The Morgan fingerprint density at radius 2 is 1.83 bits per heavy atom. The lowest BCUT2D eigenvalue weighted by Crippen LogP contribution is -2.52. The van der Waals surface area contributed by atoms with Crippen LogP contribution in [-0.2, 0) is 9.59 Å². The highest BCUT2D eigenvalue weighted by atomic mass is 16.1. The summed E-state index contributed by atoms with van der Waals surface area (Å²) in [5, 5.41) is 0. The van der Waals surface area contributed by atoms with Crippen molar-refractivity contribution in [2.75, 3.05) is 0 Å². The standard InChI is InChI=1S/C21H26O2/c1-4-13-5-6-16-15-12-19(23)18-11-14(22)7-9-21(18,3)17(15)8-10-20(13,16)2/h11,15-17H,1,5-10,12H2,2-3H3/t15-,16-,17-,20+,21+/m0/s1. The molecule has 4 rings (SSSR count). The number of rotatable bonds is 0. The van der Waals surface area contributed by atoms with Crippen molar-refractivity contribution in [2.45, 2.75) is 58.8 Å². The van der Waals surface area contributed by atoms with Crippen LogP contribution < -0.4 is 0 Å². The van der Waals surface area contributed by atoms with Gasteiger partial charge in [-0.1, -0.05) is 20.4 Å². The van der Waals surface area contributed by atoms with Gasteiger partial charge in [-0.3, -0.25) is 9.59 Å². The lowest BCUT2D eigenvalue weighted by molar-refractivity contribution is -0.129. The minimum atomic E-state index is -0.0735. The second kappa shape index (κ2) is 4.80. The molecule has 0 aromatic carbocycles. The third-order valence-corrected chi connectivity index (χ3v) is 7.79. The highest BCUT2D eigenvalue weighted by molar-refractivity contribution is 6.05. The summed E-state index contributed by atoms with van der Waals surface area (Å²) in [6.07, 6.45) is 8.41. The number of carbonyl (C=O) groups is 2. The molecule has 0 spiro atoms. The summed E-state index contributed by atoms with van der Waals surface area (Å²) >= 11 is 0. The summed E-state index contributed by atoms with van der Waals surface area (Å²) in [5.74, 6) is 2.00. The molecule has 0 aromatic heterocycles. The third-order valence-electron chi connectivity index (χ3n) is 7.79. The Labute approximate surface area is 138 Å². The van der Waals surface area contributed by atoms with E-state index in [2.05, 4.69) is 26.2 Å². The van der Waals surface area contributed by atoms with Gasteiger partial charge >= 0.3 is 0 Å². The molecule has 23 heavy (non-hydrogen) atoms. The molecule has 0 bridgehead atoms. The average molecular weight is 310 g/mol. The molecule has 3 fully saturated rings. The van der Waals surface area contributed by atoms with Crippen LogP contribution in [0.15, 0.2) is 29.5 Å². The van der Waals surface area contributed by atoms with Crippen LogP contribution in [0.3, 0.4) is 0 Å². The van der Waals surface area contributed by atoms with Gasteiger partial charge < -0.3 is 0 Å². The monoisotopic (exact) mass is 310 g/mol. The van der Waals surface area contributed by atoms with Crippen molar-refractivity contribution >= 4 is 11.6 Å². The molecule has 3 saturated carbocycles. The molecule has 4 aliphatic rings. The molecular formula is C21H26O2. The van der Waals surface area contributed by atoms with Gasteiger partial charge in [-0.15, -0.1) is 5.73 Å². The van der Waals surface area contributed by atoms with E-state index in [1.165, 1.54) is 18.4 Å². The smallest absolute Gasteiger partial charge is 0.159 e. The molecule has 4 aliphatic carbocycles. The highest BCUT2D eigenvalue weighted by Crippen LogP contribution is 2.65. The Balaban J connectivity index is 1.76. The van der Waals surface area contributed by atoms with Crippen molar-refractivity contribution in [1.82, 2.24) is 0 Å². The molecule has 0 aromatic rings. The van der Waals surface area contributed by atoms with Crippen molar-refractivity contribution in [3.63, 3.8) is 0 Å². The second-order valence-electron chi connectivity index (χ2n) is 8.60. The van der Waals surface area contributed by atoms with Gasteiger partial charge in [0, 0.05) is 18.4 Å². The van der Waals surface area contributed by atoms with Crippen molar-refractivity contribution in [3.8, 4) is 0 Å². The topological polar surface area (TPSA) is 34.1 Å². The van der Waals surface area contributed by atoms with E-state index in [0.29, 0.717) is 30.6 Å². The Kier molecular flexibility index (Phi) is 3.16. The number of allylic oxidation sites excluding steroid dienone is 2. The van der Waals surface area contributed by atoms with Gasteiger partial charge in [0.15, 0.2) is 11.6 Å². The zero-order chi connectivity index (χ0) is 16.4. The summed E-state index contributed by atoms with van der Waals surface area (Å²) in [6.45, 7) is 8.53. The largest absolute Gasteiger partial charge is 0.295 e. The number of carbonyl (C=O) groups excluding carboxylic acids is 2. The van der Waals surface area contributed by atoms with E-state index in [9.17, 15) is 9.59 Å². The minimum absolute atomic E-state index is 0.0735. The van der Waals surface area contributed by atoms with E-state index >= 15 is 0 Å². The van der Waals surface area contributed by atoms with Crippen molar-refractivity contribution in [1.29, 1.82) is 0 Å². The van der Waals surface area contributed by atoms with E-state index in [-0.39, 0.29) is 22.4 Å². The molecule has 2 nitrogen and oxygen atoms in total. The summed E-state index contributed by atoms with van der Waals surface area (Å²) in [5.41, 5.74) is 5.57. The van der Waals surface area contributed by atoms with Crippen molar-refractivity contribution < 1.29 is 9.59 Å². The maximum absolute atomic E-state index is 12.8. The Hall–Kier alpha value is -1.40. The van der Waals surface area contributed by atoms with Crippen LogP contribution in [0.25, 0.3) is 0 Å². The zero-order valence-electron chi connectivity index (χ0n) is 14.3. The fraction of sp³-hybridized carbons (Fsp3) is 0.667. The van der Waals surface area contributed by atoms with Crippen LogP contribution in [0.5, 0.6) is 0 Å². The molecule has 5 atom stereocenters. The molecule has 0 aliphatic heterocycles. The summed E-state index contributed by atoms with van der Waals surface area (Å²) in [7, 11) is 0. The highest BCUT2D eigenvalue weighted by Gasteiger charge is 2.59. The lowest BCUT2D eigenvalue weighted by Gasteiger charge is -2.56. The van der Waals surface area contributed by atoms with Crippen LogP contribution in [0, 0.1) is 28.6 Å². The number of Topliss-reactive ketones (excluding diaryl/α,β-unsaturated/α-hetero) is 1. The van der Waals surface area contributed by atoms with Crippen LogP contribution >= 0.6 is 0 Å². The molecule has 0 saturated heterocycles. The average Bonchev–Trinajstić information content (AvgIpc) is 2.86. The van der Waals surface area contributed by atoms with Gasteiger partial charge in [-0.25, -0.2) is 0 Å². The lowest BCUT2D eigenvalue weighted by atomic mass is 9.47. The SMILES string of the molecule is C=C=C1CC[C@H]2[C@@H]3CC(=O)C4=CC(=O)CC[C@]4(C)[C@H]3CC[C@]12C. The first-order chi connectivity index (χ1) is 10.9. The summed E-state index contributed by atoms with van der Waals surface area (Å²) in [4.78, 5) is 24.7. The first-order valence-electron chi connectivity index (χ1n) is 9.08. The molecule has 2 heteroatoms. The zero-order valence-corrected chi connectivity index (χ0v) is 14.3. The quantitative estimate of drug-likeness (QED) is 0.621. The normalized spacial score (nSPS) is 45.7. The molecule has 0 N–H and O–H groups in total. The fourth-order valence-corrected chi connectivity index (χ4v) is 6.49. The molecule has 0 amide bonds. The van der Waals surface area contributed by atoms with E-state index in [1.54, 1.807) is 6.08 Å². The predicted molar refractivity (Wildman–Crippen MR) is 89.8 cm³/mol. The van der Waals surface area contributed by atoms with Crippen LogP contribution in [0.4, 0.5) is 0 Å². The number of ketones is 2. The first-order valence-corrected chi connectivity index (χ1v) is 9.08. The Morgan fingerprint density at radius 3 is 2.57 bits per heavy atom. The maximum Gasteiger partial charge on any atom is 0.159 e. The van der Waals surface area contributed by atoms with E-state index in [1.807, 2.05) is 0 Å². The molecule has 0 unspecified atom stereocenters. The van der Waals surface area contributed by atoms with Crippen molar-refractivity contribution in [3.05, 3.63) is 29.5 Å². The van der Waals surface area contributed by atoms with Gasteiger partial charge in [-0.05, 0) is 72.3 Å². The number of hydrogen-bond acceptors (Lipinski definition) is 2. The Morgan fingerprint density at radius 1 is 1.09 bits per heavy atom. The van der Waals surface area contributed by atoms with Gasteiger partial charge in [0.1, 0.15) is 0 Å². The van der Waals surface area contributed by atoms with Gasteiger partial charge in [-0.2, -0.15) is 0 Å². The van der Waals surface area contributed by atoms with Crippen molar-refractivity contribution in [2.24, 2.45) is 28.6 Å². The maximum atomic E-state index is 12.8. The Bertz CT molecular complexity index is 678.